The summed E-state index contributed by atoms with van der Waals surface area (Å²) in [5.41, 5.74) is 3.12. The molecule has 0 saturated heterocycles. The van der Waals surface area contributed by atoms with Crippen LogP contribution in [0.5, 0.6) is 5.88 Å². The predicted octanol–water partition coefficient (Wildman–Crippen LogP) is 5.33. The first-order chi connectivity index (χ1) is 15.1. The molecule has 0 unspecified atom stereocenters. The van der Waals surface area contributed by atoms with Gasteiger partial charge in [-0.1, -0.05) is 30.3 Å². The maximum atomic E-state index is 13.8. The second kappa shape index (κ2) is 8.11. The number of carbonyl (C=O) groups excluding carboxylic acids is 1. The number of ketones is 1. The van der Waals surface area contributed by atoms with Crippen molar-refractivity contribution in [3.63, 3.8) is 0 Å². The lowest BCUT2D eigenvalue weighted by Crippen LogP contribution is -2.10. The summed E-state index contributed by atoms with van der Waals surface area (Å²) in [4.78, 5) is 20.5. The molecule has 0 bridgehead atoms. The summed E-state index contributed by atoms with van der Waals surface area (Å²) in [6.07, 6.45) is 1.69. The largest absolute Gasteiger partial charge is 0.472 e. The van der Waals surface area contributed by atoms with E-state index >= 15 is 0 Å². The number of alkyl halides is 2. The Morgan fingerprint density at radius 1 is 1.09 bits per heavy atom. The van der Waals surface area contributed by atoms with E-state index in [4.69, 9.17) is 4.74 Å². The van der Waals surface area contributed by atoms with Crippen LogP contribution in [0.4, 0.5) is 8.78 Å². The van der Waals surface area contributed by atoms with Crippen LogP contribution in [0.25, 0.3) is 16.7 Å². The van der Waals surface area contributed by atoms with Crippen molar-refractivity contribution in [2.75, 3.05) is 0 Å². The molecule has 4 rings (SSSR count). The van der Waals surface area contributed by atoms with E-state index in [0.717, 1.165) is 12.5 Å². The number of rotatable bonds is 6. The minimum absolute atomic E-state index is 0.000212. The zero-order chi connectivity index (χ0) is 23.0. The number of ether oxygens (including phenoxy) is 1. The zero-order valence-electron chi connectivity index (χ0n) is 18.2. The van der Waals surface area contributed by atoms with Crippen LogP contribution in [0.3, 0.4) is 0 Å². The van der Waals surface area contributed by atoms with Crippen LogP contribution in [-0.2, 0) is 12.5 Å². The van der Waals surface area contributed by atoms with E-state index in [2.05, 4.69) is 15.1 Å². The molecule has 0 amide bonds. The van der Waals surface area contributed by atoms with Crippen molar-refractivity contribution >= 4 is 16.8 Å². The monoisotopic (exact) mass is 436 g/mol. The van der Waals surface area contributed by atoms with Gasteiger partial charge in [0.05, 0.1) is 5.69 Å². The van der Waals surface area contributed by atoms with Crippen LogP contribution < -0.4 is 4.74 Å². The summed E-state index contributed by atoms with van der Waals surface area (Å²) in [6.45, 7) is 6.01. The molecule has 0 radical (unpaired) electrons. The highest BCUT2D eigenvalue weighted by molar-refractivity contribution is 5.93. The quantitative estimate of drug-likeness (QED) is 0.382. The topological polar surface area (TPSA) is 69.9 Å². The summed E-state index contributed by atoms with van der Waals surface area (Å²) >= 11 is 0. The van der Waals surface area contributed by atoms with Gasteiger partial charge in [-0.05, 0) is 42.7 Å². The lowest BCUT2D eigenvalue weighted by molar-refractivity contribution is 0.0173. The number of aryl methyl sites for hydroxylation is 2. The molecule has 0 fully saturated rings. The Morgan fingerprint density at radius 2 is 1.75 bits per heavy atom. The molecule has 0 spiro atoms. The van der Waals surface area contributed by atoms with Gasteiger partial charge in [-0.15, -0.1) is 5.10 Å². The van der Waals surface area contributed by atoms with Gasteiger partial charge in [0.1, 0.15) is 12.0 Å². The third-order valence-electron chi connectivity index (χ3n) is 5.10. The molecule has 0 N–H and O–H groups in total. The van der Waals surface area contributed by atoms with Gasteiger partial charge < -0.3 is 4.74 Å². The average molecular weight is 436 g/mol. The number of Topliss-reactive ketones (excluding diaryl/α,β-unsaturated/α-hetero) is 1. The number of nitrogens with zero attached hydrogens (tertiary/aromatic N) is 4. The number of hydrogen-bond donors (Lipinski definition) is 0. The maximum Gasteiger partial charge on any atom is 0.270 e. The van der Waals surface area contributed by atoms with Crippen molar-refractivity contribution in [1.29, 1.82) is 0 Å². The highest BCUT2D eigenvalue weighted by Gasteiger charge is 2.26. The van der Waals surface area contributed by atoms with E-state index in [1.165, 1.54) is 19.1 Å². The van der Waals surface area contributed by atoms with Gasteiger partial charge in [-0.3, -0.25) is 4.79 Å². The Bertz CT molecular complexity index is 1290. The Balaban J connectivity index is 1.81. The van der Waals surface area contributed by atoms with Gasteiger partial charge >= 0.3 is 0 Å². The third kappa shape index (κ3) is 4.21. The lowest BCUT2D eigenvalue weighted by atomic mass is 10.0. The van der Waals surface area contributed by atoms with Crippen LogP contribution in [0.15, 0.2) is 48.7 Å². The van der Waals surface area contributed by atoms with Crippen molar-refractivity contribution in [1.82, 2.24) is 19.7 Å². The normalized spacial score (nSPS) is 11.7. The molecule has 164 valence electrons. The molecule has 0 aliphatic carbocycles. The Hall–Kier alpha value is -3.68. The van der Waals surface area contributed by atoms with Gasteiger partial charge in [0.2, 0.25) is 11.7 Å². The van der Waals surface area contributed by atoms with Gasteiger partial charge in [-0.25, -0.2) is 18.4 Å². The summed E-state index contributed by atoms with van der Waals surface area (Å²) in [5, 5.41) is 5.02. The fourth-order valence-electron chi connectivity index (χ4n) is 3.56. The molecule has 6 nitrogen and oxygen atoms in total. The molecule has 0 aliphatic rings. The summed E-state index contributed by atoms with van der Waals surface area (Å²) in [5.74, 6) is -3.01. The van der Waals surface area contributed by atoms with E-state index in [1.54, 1.807) is 24.7 Å². The summed E-state index contributed by atoms with van der Waals surface area (Å²) in [6, 6.07) is 12.5. The fourth-order valence-corrected chi connectivity index (χ4v) is 3.56. The highest BCUT2D eigenvalue weighted by Crippen LogP contribution is 2.32. The van der Waals surface area contributed by atoms with Gasteiger partial charge in [0.25, 0.3) is 5.92 Å². The molecule has 0 saturated carbocycles. The number of hydrogen-bond acceptors (Lipinski definition) is 5. The van der Waals surface area contributed by atoms with Crippen molar-refractivity contribution in [2.24, 2.45) is 0 Å². The van der Waals surface area contributed by atoms with E-state index < -0.39 is 5.92 Å². The molecule has 0 aliphatic heterocycles. The van der Waals surface area contributed by atoms with E-state index in [9.17, 15) is 13.6 Å². The van der Waals surface area contributed by atoms with E-state index in [1.807, 2.05) is 30.3 Å². The number of benzene rings is 2. The van der Waals surface area contributed by atoms with Crippen molar-refractivity contribution in [3.05, 3.63) is 76.7 Å². The number of fused-ring (bicyclic) bond motifs is 1. The molecule has 32 heavy (non-hydrogen) atoms. The average Bonchev–Trinajstić information content (AvgIpc) is 3.15. The second-order valence-electron chi connectivity index (χ2n) is 7.84. The molecule has 0 atom stereocenters. The first kappa shape index (κ1) is 21.5. The first-order valence-corrected chi connectivity index (χ1v) is 10.1. The number of halogens is 2. The van der Waals surface area contributed by atoms with Crippen LogP contribution in [-0.4, -0.2) is 25.5 Å². The van der Waals surface area contributed by atoms with Crippen LogP contribution in [0, 0.1) is 13.8 Å². The second-order valence-corrected chi connectivity index (χ2v) is 7.84. The predicted molar refractivity (Wildman–Crippen MR) is 116 cm³/mol. The van der Waals surface area contributed by atoms with E-state index in [-0.39, 0.29) is 35.3 Å². The van der Waals surface area contributed by atoms with Gasteiger partial charge in [0, 0.05) is 25.6 Å². The zero-order valence-corrected chi connectivity index (χ0v) is 18.2. The minimum Gasteiger partial charge on any atom is -0.472 e. The van der Waals surface area contributed by atoms with Crippen LogP contribution in [0.2, 0.25) is 0 Å². The molecular formula is C24H22F2N4O2. The fraction of sp³-hybridized carbons (Fsp3) is 0.250. The van der Waals surface area contributed by atoms with Crippen molar-refractivity contribution < 1.29 is 18.3 Å². The summed E-state index contributed by atoms with van der Waals surface area (Å²) in [7, 11) is 0. The molecular weight excluding hydrogens is 414 g/mol. The standard InChI is InChI=1S/C24H22F2N4O2/c1-14-10-18(24(4,25)26)11-15(2)20(14)30-12-19-22(29-30)27-21(16(3)31)28-23(19)32-13-17-8-6-5-7-9-17/h5-12H,13H2,1-4H3. The van der Waals surface area contributed by atoms with Crippen LogP contribution in [0.1, 0.15) is 46.7 Å². The smallest absolute Gasteiger partial charge is 0.270 e. The lowest BCUT2D eigenvalue weighted by Gasteiger charge is -2.16. The Labute approximate surface area is 183 Å². The van der Waals surface area contributed by atoms with Crippen LogP contribution >= 0.6 is 0 Å². The maximum absolute atomic E-state index is 13.8. The molecule has 2 aromatic heterocycles. The highest BCUT2D eigenvalue weighted by atomic mass is 19.3. The molecule has 8 heteroatoms. The van der Waals surface area contributed by atoms with Gasteiger partial charge in [0.15, 0.2) is 11.4 Å². The molecule has 4 aromatic rings. The van der Waals surface area contributed by atoms with E-state index in [0.29, 0.717) is 22.2 Å². The SMILES string of the molecule is CC(=O)c1nc(OCc2ccccc2)c2cn(-c3c(C)cc(C(C)(F)F)cc3C)nc2n1. The Kier molecular flexibility index (Phi) is 5.46. The molecule has 2 aromatic carbocycles. The van der Waals surface area contributed by atoms with Gasteiger partial charge in [-0.2, -0.15) is 4.98 Å². The molecule has 2 heterocycles. The van der Waals surface area contributed by atoms with Crippen molar-refractivity contribution in [3.8, 4) is 11.6 Å². The third-order valence-corrected chi connectivity index (χ3v) is 5.10. The number of carbonyl (C=O) groups is 1. The summed E-state index contributed by atoms with van der Waals surface area (Å²) < 4.78 is 35.1. The Morgan fingerprint density at radius 3 is 2.34 bits per heavy atom. The van der Waals surface area contributed by atoms with Crippen molar-refractivity contribution in [2.45, 2.75) is 40.2 Å². The minimum atomic E-state index is -2.94. The first-order valence-electron chi connectivity index (χ1n) is 10.1. The number of aromatic nitrogens is 4.